The summed E-state index contributed by atoms with van der Waals surface area (Å²) in [7, 11) is 1.62. The Morgan fingerprint density at radius 1 is 1.33 bits per heavy atom. The second kappa shape index (κ2) is 7.44. The Labute approximate surface area is 152 Å². The van der Waals surface area contributed by atoms with Crippen molar-refractivity contribution in [2.45, 2.75) is 5.37 Å². The number of carbonyl (C=O) groups is 1. The molecule has 126 valence electrons. The summed E-state index contributed by atoms with van der Waals surface area (Å²) in [5.74, 6) is 1.26. The second-order valence-corrected chi connectivity index (χ2v) is 7.34. The summed E-state index contributed by atoms with van der Waals surface area (Å²) in [5, 5.41) is 2.69. The van der Waals surface area contributed by atoms with Crippen LogP contribution in [0.2, 0.25) is 0 Å². The summed E-state index contributed by atoms with van der Waals surface area (Å²) in [6.45, 7) is 0.637. The zero-order valence-electron chi connectivity index (χ0n) is 13.0. The fourth-order valence-electron chi connectivity index (χ4n) is 2.56. The van der Waals surface area contributed by atoms with Gasteiger partial charge in [0, 0.05) is 28.0 Å². The minimum Gasteiger partial charge on any atom is -0.496 e. The summed E-state index contributed by atoms with van der Waals surface area (Å²) in [6, 6.07) is 11.3. The van der Waals surface area contributed by atoms with Gasteiger partial charge in [-0.3, -0.25) is 0 Å². The number of rotatable bonds is 3. The first-order valence-electron chi connectivity index (χ1n) is 7.36. The Balaban J connectivity index is 1.81. The molecule has 4 nitrogen and oxygen atoms in total. The molecule has 2 amide bonds. The molecule has 2 aromatic rings. The summed E-state index contributed by atoms with van der Waals surface area (Å²) in [6.07, 6.45) is 0. The highest BCUT2D eigenvalue weighted by Crippen LogP contribution is 2.43. The molecule has 24 heavy (non-hydrogen) atoms. The Hall–Kier alpha value is -1.73. The van der Waals surface area contributed by atoms with Crippen LogP contribution in [0.1, 0.15) is 10.9 Å². The standard InChI is InChI=1S/C17H16BrFN2O2S/c1-23-15-7-2-11(18)10-14(15)16-21(8-9-24-16)17(22)20-13-5-3-12(19)4-6-13/h2-7,10,16H,8-9H2,1H3,(H,20,22)/t16-/m0/s1. The fourth-order valence-corrected chi connectivity index (χ4v) is 4.21. The maximum atomic E-state index is 13.0. The topological polar surface area (TPSA) is 41.6 Å². The van der Waals surface area contributed by atoms with Crippen molar-refractivity contribution in [3.8, 4) is 5.75 Å². The zero-order chi connectivity index (χ0) is 17.1. The zero-order valence-corrected chi connectivity index (χ0v) is 15.4. The number of carbonyl (C=O) groups excluding carboxylic acids is 1. The van der Waals surface area contributed by atoms with Crippen LogP contribution in [-0.4, -0.2) is 30.3 Å². The van der Waals surface area contributed by atoms with E-state index in [1.807, 2.05) is 18.2 Å². The third-order valence-corrected chi connectivity index (χ3v) is 5.44. The lowest BCUT2D eigenvalue weighted by Gasteiger charge is -2.25. The van der Waals surface area contributed by atoms with Crippen LogP contribution in [0.4, 0.5) is 14.9 Å². The molecule has 3 rings (SSSR count). The molecule has 2 aromatic carbocycles. The maximum absolute atomic E-state index is 13.0. The fraction of sp³-hybridized carbons (Fsp3) is 0.235. The van der Waals surface area contributed by atoms with E-state index in [0.717, 1.165) is 21.5 Å². The average Bonchev–Trinajstić information content (AvgIpc) is 3.06. The van der Waals surface area contributed by atoms with Gasteiger partial charge in [0.25, 0.3) is 0 Å². The molecular weight excluding hydrogens is 395 g/mol. The minimum absolute atomic E-state index is 0.127. The van der Waals surface area contributed by atoms with E-state index in [2.05, 4.69) is 21.2 Å². The normalized spacial score (nSPS) is 17.0. The average molecular weight is 411 g/mol. The second-order valence-electron chi connectivity index (χ2n) is 5.24. The number of nitrogens with one attached hydrogen (secondary N) is 1. The number of urea groups is 1. The Morgan fingerprint density at radius 2 is 2.08 bits per heavy atom. The van der Waals surface area contributed by atoms with E-state index in [-0.39, 0.29) is 17.2 Å². The molecule has 1 saturated heterocycles. The number of ether oxygens (including phenoxy) is 1. The predicted molar refractivity (Wildman–Crippen MR) is 98.0 cm³/mol. The molecule has 0 radical (unpaired) electrons. The molecule has 1 fully saturated rings. The third-order valence-electron chi connectivity index (χ3n) is 3.71. The maximum Gasteiger partial charge on any atom is 0.323 e. The number of thioether (sulfide) groups is 1. The van der Waals surface area contributed by atoms with Crippen LogP contribution in [0.5, 0.6) is 5.75 Å². The van der Waals surface area contributed by atoms with Crippen LogP contribution in [0.15, 0.2) is 46.9 Å². The number of hydrogen-bond donors (Lipinski definition) is 1. The highest BCUT2D eigenvalue weighted by molar-refractivity contribution is 9.10. The van der Waals surface area contributed by atoms with Crippen molar-refractivity contribution >= 4 is 39.4 Å². The van der Waals surface area contributed by atoms with E-state index in [0.29, 0.717) is 12.2 Å². The SMILES string of the molecule is COc1ccc(Br)cc1[C@@H]1SCCN1C(=O)Nc1ccc(F)cc1. The Bertz CT molecular complexity index is 742. The molecule has 0 spiro atoms. The first-order valence-corrected chi connectivity index (χ1v) is 9.21. The molecule has 0 bridgehead atoms. The van der Waals surface area contributed by atoms with Gasteiger partial charge in [0.15, 0.2) is 0 Å². The van der Waals surface area contributed by atoms with Crippen molar-refractivity contribution in [2.24, 2.45) is 0 Å². The van der Waals surface area contributed by atoms with E-state index < -0.39 is 0 Å². The number of benzene rings is 2. The van der Waals surface area contributed by atoms with Gasteiger partial charge in [0.05, 0.1) is 7.11 Å². The van der Waals surface area contributed by atoms with Gasteiger partial charge >= 0.3 is 6.03 Å². The smallest absolute Gasteiger partial charge is 0.323 e. The highest BCUT2D eigenvalue weighted by atomic mass is 79.9. The molecule has 0 unspecified atom stereocenters. The van der Waals surface area contributed by atoms with Crippen LogP contribution in [0, 0.1) is 5.82 Å². The van der Waals surface area contributed by atoms with Crippen molar-refractivity contribution in [3.05, 3.63) is 58.3 Å². The number of anilines is 1. The van der Waals surface area contributed by atoms with Crippen LogP contribution < -0.4 is 10.1 Å². The van der Waals surface area contributed by atoms with Gasteiger partial charge in [-0.25, -0.2) is 9.18 Å². The molecule has 1 atom stereocenters. The van der Waals surface area contributed by atoms with Crippen molar-refractivity contribution in [2.75, 3.05) is 24.7 Å². The van der Waals surface area contributed by atoms with Crippen LogP contribution in [0.3, 0.4) is 0 Å². The Morgan fingerprint density at radius 3 is 2.79 bits per heavy atom. The molecule has 1 aliphatic rings. The summed E-state index contributed by atoms with van der Waals surface area (Å²) >= 11 is 5.16. The summed E-state index contributed by atoms with van der Waals surface area (Å²) in [5.41, 5.74) is 1.52. The number of methoxy groups -OCH3 is 1. The number of halogens is 2. The van der Waals surface area contributed by atoms with Crippen molar-refractivity contribution in [1.29, 1.82) is 0 Å². The predicted octanol–water partition coefficient (Wildman–Crippen LogP) is 4.88. The quantitative estimate of drug-likeness (QED) is 0.783. The Kier molecular flexibility index (Phi) is 5.30. The van der Waals surface area contributed by atoms with Crippen molar-refractivity contribution < 1.29 is 13.9 Å². The van der Waals surface area contributed by atoms with Gasteiger partial charge in [-0.15, -0.1) is 11.8 Å². The molecule has 7 heteroatoms. The van der Waals surface area contributed by atoms with Crippen molar-refractivity contribution in [3.63, 3.8) is 0 Å². The van der Waals surface area contributed by atoms with E-state index in [9.17, 15) is 9.18 Å². The van der Waals surface area contributed by atoms with Gasteiger partial charge in [-0.2, -0.15) is 0 Å². The monoisotopic (exact) mass is 410 g/mol. The lowest BCUT2D eigenvalue weighted by Crippen LogP contribution is -2.34. The number of hydrogen-bond acceptors (Lipinski definition) is 3. The molecule has 1 heterocycles. The van der Waals surface area contributed by atoms with Gasteiger partial charge in [-0.1, -0.05) is 15.9 Å². The first kappa shape index (κ1) is 17.1. The lowest BCUT2D eigenvalue weighted by atomic mass is 10.2. The van der Waals surface area contributed by atoms with Gasteiger partial charge in [0.1, 0.15) is 16.9 Å². The molecule has 1 N–H and O–H groups in total. The molecule has 0 saturated carbocycles. The van der Waals surface area contributed by atoms with Crippen molar-refractivity contribution in [1.82, 2.24) is 4.90 Å². The molecule has 0 aromatic heterocycles. The van der Waals surface area contributed by atoms with E-state index in [1.165, 1.54) is 12.1 Å². The number of nitrogens with zero attached hydrogens (tertiary/aromatic N) is 1. The summed E-state index contributed by atoms with van der Waals surface area (Å²) < 4.78 is 19.4. The largest absolute Gasteiger partial charge is 0.496 e. The van der Waals surface area contributed by atoms with Gasteiger partial charge in [-0.05, 0) is 42.5 Å². The minimum atomic E-state index is -0.332. The third kappa shape index (κ3) is 3.67. The van der Waals surface area contributed by atoms with Crippen LogP contribution >= 0.6 is 27.7 Å². The summed E-state index contributed by atoms with van der Waals surface area (Å²) in [4.78, 5) is 14.4. The first-order chi connectivity index (χ1) is 11.6. The molecular formula is C17H16BrFN2O2S. The van der Waals surface area contributed by atoms with E-state index in [1.54, 1.807) is 35.9 Å². The van der Waals surface area contributed by atoms with Gasteiger partial charge < -0.3 is 15.0 Å². The lowest BCUT2D eigenvalue weighted by molar-refractivity contribution is 0.213. The van der Waals surface area contributed by atoms with Crippen LogP contribution in [-0.2, 0) is 0 Å². The van der Waals surface area contributed by atoms with E-state index in [4.69, 9.17) is 4.74 Å². The highest BCUT2D eigenvalue weighted by Gasteiger charge is 2.32. The van der Waals surface area contributed by atoms with Crippen LogP contribution in [0.25, 0.3) is 0 Å². The molecule has 0 aliphatic carbocycles. The number of amides is 2. The van der Waals surface area contributed by atoms with Gasteiger partial charge in [0.2, 0.25) is 0 Å². The molecule has 1 aliphatic heterocycles. The van der Waals surface area contributed by atoms with E-state index >= 15 is 0 Å².